The topological polar surface area (TPSA) is 139 Å². The van der Waals surface area contributed by atoms with Gasteiger partial charge in [-0.05, 0) is 37.1 Å². The largest absolute Gasteiger partial charge is 0.493 e. The number of hydrogen-bond donors (Lipinski definition) is 0. The Balaban J connectivity index is 0.911. The van der Waals surface area contributed by atoms with Crippen LogP contribution in [0.25, 0.3) is 22.5 Å². The maximum absolute atomic E-state index is 13.4. The Bertz CT molecular complexity index is 2260. The lowest BCUT2D eigenvalue weighted by molar-refractivity contribution is 0.266. The number of para-hydroxylation sites is 2. The summed E-state index contributed by atoms with van der Waals surface area (Å²) < 4.78 is 15.1. The molecule has 4 aromatic carbocycles. The first kappa shape index (κ1) is 33.3. The molecular weight excluding hydrogens is 697 g/mol. The summed E-state index contributed by atoms with van der Waals surface area (Å²) in [5.74, 6) is 2.44. The fourth-order valence-corrected chi connectivity index (χ4v) is 7.35. The highest BCUT2D eigenvalue weighted by atomic mass is 32.2. The number of thioether (sulfide) groups is 2. The van der Waals surface area contributed by atoms with Crippen LogP contribution in [0.2, 0.25) is 0 Å². The summed E-state index contributed by atoms with van der Waals surface area (Å²) in [7, 11) is 0. The van der Waals surface area contributed by atoms with E-state index in [2.05, 4.69) is 20.4 Å². The Morgan fingerprint density at radius 3 is 1.37 bits per heavy atom. The Hall–Kier alpha value is -5.86. The SMILES string of the molecule is O=c1c(-c2ccccc2)nnc2n1N=C(c1ccccc1OCCCCOc1ccccc1C1=Nn3c(nnc(-c4ccccc4)c3=O)SC1)CS2. The summed E-state index contributed by atoms with van der Waals surface area (Å²) in [4.78, 5) is 26.7. The lowest BCUT2D eigenvalue weighted by atomic mass is 10.1. The highest BCUT2D eigenvalue weighted by molar-refractivity contribution is 8.00. The van der Waals surface area contributed by atoms with Gasteiger partial charge in [-0.15, -0.1) is 20.4 Å². The number of fused-ring (bicyclic) bond motifs is 2. The summed E-state index contributed by atoms with van der Waals surface area (Å²) >= 11 is 2.83. The van der Waals surface area contributed by atoms with Crippen molar-refractivity contribution in [2.75, 3.05) is 24.7 Å². The molecule has 0 amide bonds. The smallest absolute Gasteiger partial charge is 0.301 e. The lowest BCUT2D eigenvalue weighted by Crippen LogP contribution is -2.28. The van der Waals surface area contributed by atoms with Gasteiger partial charge in [0.1, 0.15) is 11.5 Å². The molecule has 0 unspecified atom stereocenters. The zero-order chi connectivity index (χ0) is 35.3. The van der Waals surface area contributed by atoms with Crippen LogP contribution in [0.3, 0.4) is 0 Å². The number of nitrogens with zero attached hydrogens (tertiary/aromatic N) is 8. The molecule has 0 N–H and O–H groups in total. The van der Waals surface area contributed by atoms with E-state index in [1.165, 1.54) is 32.9 Å². The van der Waals surface area contributed by atoms with Crippen LogP contribution in [0, 0.1) is 0 Å². The van der Waals surface area contributed by atoms with Crippen molar-refractivity contribution >= 4 is 34.9 Å². The van der Waals surface area contributed by atoms with Crippen molar-refractivity contribution in [3.05, 3.63) is 141 Å². The molecule has 6 aromatic rings. The summed E-state index contributed by atoms with van der Waals surface area (Å²) in [6.45, 7) is 0.937. The third-order valence-electron chi connectivity index (χ3n) is 8.28. The molecule has 2 aliphatic heterocycles. The number of rotatable bonds is 11. The van der Waals surface area contributed by atoms with Gasteiger partial charge in [0.15, 0.2) is 11.4 Å². The minimum absolute atomic E-state index is 0.253. The zero-order valence-electron chi connectivity index (χ0n) is 27.7. The van der Waals surface area contributed by atoms with Crippen LogP contribution in [0.5, 0.6) is 11.5 Å². The maximum Gasteiger partial charge on any atom is 0.301 e. The molecule has 52 heavy (non-hydrogen) atoms. The fourth-order valence-electron chi connectivity index (χ4n) is 5.70. The van der Waals surface area contributed by atoms with Crippen LogP contribution in [-0.2, 0) is 0 Å². The third-order valence-corrected chi connectivity index (χ3v) is 10.1. The predicted octanol–water partition coefficient (Wildman–Crippen LogP) is 5.88. The minimum atomic E-state index is -0.319. The maximum atomic E-state index is 13.4. The van der Waals surface area contributed by atoms with Gasteiger partial charge in [0.2, 0.25) is 10.3 Å². The van der Waals surface area contributed by atoms with E-state index in [1.807, 2.05) is 109 Å². The van der Waals surface area contributed by atoms with Crippen LogP contribution in [-0.4, -0.2) is 65.9 Å². The summed E-state index contributed by atoms with van der Waals surface area (Å²) in [6, 6.07) is 33.9. The second kappa shape index (κ2) is 15.2. The molecule has 2 aliphatic rings. The molecule has 0 spiro atoms. The van der Waals surface area contributed by atoms with Crippen LogP contribution >= 0.6 is 23.5 Å². The van der Waals surface area contributed by atoms with Gasteiger partial charge in [0, 0.05) is 33.8 Å². The Morgan fingerprint density at radius 1 is 0.519 bits per heavy atom. The van der Waals surface area contributed by atoms with Gasteiger partial charge in [0.05, 0.1) is 24.6 Å². The first-order valence-electron chi connectivity index (χ1n) is 16.6. The molecule has 0 atom stereocenters. The number of hydrogen-bond acceptors (Lipinski definition) is 12. The van der Waals surface area contributed by atoms with E-state index < -0.39 is 0 Å². The third kappa shape index (κ3) is 6.90. The minimum Gasteiger partial charge on any atom is -0.493 e. The van der Waals surface area contributed by atoms with Gasteiger partial charge < -0.3 is 9.47 Å². The van der Waals surface area contributed by atoms with E-state index in [-0.39, 0.29) is 22.5 Å². The molecule has 0 bridgehead atoms. The molecule has 0 saturated carbocycles. The van der Waals surface area contributed by atoms with E-state index in [4.69, 9.17) is 19.7 Å². The van der Waals surface area contributed by atoms with Crippen LogP contribution < -0.4 is 20.6 Å². The predicted molar refractivity (Wildman–Crippen MR) is 202 cm³/mol. The lowest BCUT2D eigenvalue weighted by Gasteiger charge is -2.18. The highest BCUT2D eigenvalue weighted by Gasteiger charge is 2.23. The van der Waals surface area contributed by atoms with Gasteiger partial charge in [0.25, 0.3) is 0 Å². The molecule has 258 valence electrons. The van der Waals surface area contributed by atoms with Crippen molar-refractivity contribution in [1.29, 1.82) is 0 Å². The van der Waals surface area contributed by atoms with Crippen LogP contribution in [0.4, 0.5) is 0 Å². The van der Waals surface area contributed by atoms with Crippen molar-refractivity contribution in [3.63, 3.8) is 0 Å². The van der Waals surface area contributed by atoms with Crippen molar-refractivity contribution in [2.45, 2.75) is 23.2 Å². The molecule has 2 aromatic heterocycles. The van der Waals surface area contributed by atoms with E-state index in [1.54, 1.807) is 0 Å². The number of unbranched alkanes of at least 4 members (excludes halogenated alkanes) is 1. The van der Waals surface area contributed by atoms with Crippen molar-refractivity contribution < 1.29 is 9.47 Å². The van der Waals surface area contributed by atoms with Crippen molar-refractivity contribution in [2.24, 2.45) is 10.2 Å². The van der Waals surface area contributed by atoms with Gasteiger partial charge >= 0.3 is 11.1 Å². The van der Waals surface area contributed by atoms with E-state index in [0.717, 1.165) is 35.4 Å². The molecule has 4 heterocycles. The Morgan fingerprint density at radius 2 is 0.923 bits per heavy atom. The summed E-state index contributed by atoms with van der Waals surface area (Å²) in [6.07, 6.45) is 1.49. The fraction of sp³-hybridized carbons (Fsp3) is 0.158. The van der Waals surface area contributed by atoms with Gasteiger partial charge in [-0.2, -0.15) is 19.6 Å². The normalized spacial score (nSPS) is 13.4. The molecule has 0 radical (unpaired) electrons. The van der Waals surface area contributed by atoms with E-state index >= 15 is 0 Å². The Labute approximate surface area is 306 Å². The first-order chi connectivity index (χ1) is 25.6. The van der Waals surface area contributed by atoms with Gasteiger partial charge in [-0.1, -0.05) is 108 Å². The molecular formula is C38H30N8O4S2. The standard InChI is InChI=1S/C38H30N8O4S2/c47-35-33(25-13-3-1-4-14-25)39-41-37-45(35)43-29(23-51-37)27-17-7-9-19-31(27)49-21-11-12-22-50-32-20-10-8-18-28(32)30-24-52-38-42-40-34(36(48)46(38)44-30)26-15-5-2-6-16-26/h1-10,13-20H,11-12,21-24H2. The highest BCUT2D eigenvalue weighted by Crippen LogP contribution is 2.29. The molecule has 14 heteroatoms. The monoisotopic (exact) mass is 726 g/mol. The Kier molecular flexibility index (Phi) is 9.71. The summed E-state index contributed by atoms with van der Waals surface area (Å²) in [5.41, 5.74) is 4.34. The second-order valence-electron chi connectivity index (χ2n) is 11.7. The number of benzene rings is 4. The average molecular weight is 727 g/mol. The van der Waals surface area contributed by atoms with Crippen molar-refractivity contribution in [1.82, 2.24) is 29.7 Å². The zero-order valence-corrected chi connectivity index (χ0v) is 29.3. The van der Waals surface area contributed by atoms with E-state index in [9.17, 15) is 9.59 Å². The average Bonchev–Trinajstić information content (AvgIpc) is 3.20. The molecule has 12 nitrogen and oxygen atoms in total. The first-order valence-corrected chi connectivity index (χ1v) is 18.6. The summed E-state index contributed by atoms with van der Waals surface area (Å²) in [5, 5.41) is 27.2. The van der Waals surface area contributed by atoms with E-state index in [0.29, 0.717) is 57.7 Å². The van der Waals surface area contributed by atoms with Gasteiger partial charge in [-0.25, -0.2) is 0 Å². The number of aromatic nitrogens is 6. The quantitative estimate of drug-likeness (QED) is 0.149. The van der Waals surface area contributed by atoms with Crippen molar-refractivity contribution in [3.8, 4) is 34.0 Å². The second-order valence-corrected chi connectivity index (χ2v) is 13.6. The molecule has 0 saturated heterocycles. The molecule has 0 aliphatic carbocycles. The van der Waals surface area contributed by atoms with Gasteiger partial charge in [-0.3, -0.25) is 9.59 Å². The number of ether oxygens (including phenoxy) is 2. The van der Waals surface area contributed by atoms with Crippen LogP contribution in [0.1, 0.15) is 24.0 Å². The molecule has 0 fully saturated rings. The van der Waals surface area contributed by atoms with Crippen LogP contribution in [0.15, 0.2) is 139 Å². The molecule has 8 rings (SSSR count).